The number of hydrogen-bond acceptors (Lipinski definition) is 3. The van der Waals surface area contributed by atoms with Gasteiger partial charge in [-0.3, -0.25) is 0 Å². The van der Waals surface area contributed by atoms with E-state index in [1.807, 2.05) is 97.1 Å². The molecule has 1 unspecified atom stereocenters. The van der Waals surface area contributed by atoms with Crippen LogP contribution in [0.2, 0.25) is 0 Å². The zero-order valence-electron chi connectivity index (χ0n) is 20.8. The van der Waals surface area contributed by atoms with E-state index < -0.39 is 24.1 Å². The predicted molar refractivity (Wildman–Crippen MR) is 142 cm³/mol. The number of nitrogens with zero attached hydrogens (tertiary/aromatic N) is 2. The van der Waals surface area contributed by atoms with Gasteiger partial charge in [0.05, 0.1) is 23.0 Å². The molecule has 5 aromatic rings. The highest BCUT2D eigenvalue weighted by Crippen LogP contribution is 2.52. The minimum absolute atomic E-state index is 0.0218. The summed E-state index contributed by atoms with van der Waals surface area (Å²) >= 11 is 0. The molecule has 0 aliphatic carbocycles. The summed E-state index contributed by atoms with van der Waals surface area (Å²) in [5.74, 6) is -0.645. The van der Waals surface area contributed by atoms with Gasteiger partial charge in [0.15, 0.2) is 6.61 Å². The first-order valence-electron chi connectivity index (χ1n) is 12.3. The van der Waals surface area contributed by atoms with Gasteiger partial charge in [0.25, 0.3) is 0 Å². The Balaban J connectivity index is 1.85. The first kappa shape index (κ1) is 25.8. The molecule has 0 fully saturated rings. The Hall–Kier alpha value is -4.83. The van der Waals surface area contributed by atoms with E-state index in [0.29, 0.717) is 11.3 Å². The average Bonchev–Trinajstić information content (AvgIpc) is 3.50. The maximum absolute atomic E-state index is 13.1. The van der Waals surface area contributed by atoms with E-state index in [9.17, 15) is 18.4 Å². The average molecular weight is 524 g/mol. The number of aromatic amines is 1. The molecule has 1 aromatic heterocycles. The van der Waals surface area contributed by atoms with Crippen molar-refractivity contribution in [3.05, 3.63) is 155 Å². The fourth-order valence-electron chi connectivity index (χ4n) is 5.27. The van der Waals surface area contributed by atoms with Crippen LogP contribution >= 0.6 is 0 Å². The van der Waals surface area contributed by atoms with Crippen LogP contribution in [0.5, 0.6) is 5.75 Å². The van der Waals surface area contributed by atoms with Crippen LogP contribution in [-0.4, -0.2) is 22.8 Å². The topological polar surface area (TPSA) is 61.7 Å². The van der Waals surface area contributed by atoms with Gasteiger partial charge in [-0.25, -0.2) is 4.98 Å². The van der Waals surface area contributed by atoms with Gasteiger partial charge in [-0.2, -0.15) is 18.4 Å². The second-order valence-corrected chi connectivity index (χ2v) is 9.10. The third-order valence-corrected chi connectivity index (χ3v) is 6.79. The Morgan fingerprint density at radius 1 is 0.795 bits per heavy atom. The van der Waals surface area contributed by atoms with E-state index in [2.05, 4.69) is 9.97 Å². The molecule has 0 bridgehead atoms. The molecule has 39 heavy (non-hydrogen) atoms. The van der Waals surface area contributed by atoms with Crippen LogP contribution in [0.1, 0.15) is 39.4 Å². The van der Waals surface area contributed by atoms with Gasteiger partial charge in [0.1, 0.15) is 11.8 Å². The molecule has 0 radical (unpaired) electrons. The largest absolute Gasteiger partial charge is 0.483 e. The third kappa shape index (κ3) is 5.14. The summed E-state index contributed by atoms with van der Waals surface area (Å²) in [4.78, 5) is 7.70. The molecule has 5 rings (SSSR count). The van der Waals surface area contributed by atoms with E-state index in [1.165, 1.54) is 12.1 Å². The van der Waals surface area contributed by atoms with Crippen molar-refractivity contribution in [3.63, 3.8) is 0 Å². The monoisotopic (exact) mass is 523 g/mol. The summed E-state index contributed by atoms with van der Waals surface area (Å²) in [6, 6.07) is 36.7. The molecule has 1 heterocycles. The van der Waals surface area contributed by atoms with Crippen LogP contribution in [0.3, 0.4) is 0 Å². The number of ether oxygens (including phenoxy) is 1. The van der Waals surface area contributed by atoms with Gasteiger partial charge < -0.3 is 9.72 Å². The number of nitrogens with one attached hydrogen (secondary N) is 1. The molecule has 0 amide bonds. The second kappa shape index (κ2) is 10.9. The van der Waals surface area contributed by atoms with Crippen LogP contribution in [0.4, 0.5) is 13.2 Å². The highest BCUT2D eigenvalue weighted by Gasteiger charge is 2.46. The van der Waals surface area contributed by atoms with E-state index in [-0.39, 0.29) is 11.3 Å². The van der Waals surface area contributed by atoms with Gasteiger partial charge >= 0.3 is 6.18 Å². The summed E-state index contributed by atoms with van der Waals surface area (Å²) in [5.41, 5.74) is 3.41. The van der Waals surface area contributed by atoms with Crippen molar-refractivity contribution < 1.29 is 17.9 Å². The standard InChI is InChI=1S/C32H24F3N3O/c33-31(34,35)21-39-29-18-23(16-17-24(29)19-36)30(28-20-37-22-38-28)32(25-10-4-1-5-11-25,26-12-6-2-7-13-26)27-14-8-3-9-15-27/h1-18,20,22,30H,21H2,(H,37,38). The number of halogens is 3. The lowest BCUT2D eigenvalue weighted by atomic mass is 9.59. The predicted octanol–water partition coefficient (Wildman–Crippen LogP) is 7.39. The minimum atomic E-state index is -4.55. The minimum Gasteiger partial charge on any atom is -0.483 e. The first-order valence-corrected chi connectivity index (χ1v) is 12.3. The molecular weight excluding hydrogens is 499 g/mol. The molecule has 0 saturated carbocycles. The molecule has 7 heteroatoms. The van der Waals surface area contributed by atoms with Crippen molar-refractivity contribution >= 4 is 0 Å². The molecule has 4 nitrogen and oxygen atoms in total. The Morgan fingerprint density at radius 3 is 1.77 bits per heavy atom. The molecule has 194 valence electrons. The molecule has 0 spiro atoms. The van der Waals surface area contributed by atoms with Crippen molar-refractivity contribution in [2.75, 3.05) is 6.61 Å². The molecule has 0 aliphatic heterocycles. The summed E-state index contributed by atoms with van der Waals surface area (Å²) in [7, 11) is 0. The fraction of sp³-hybridized carbons (Fsp3) is 0.125. The lowest BCUT2D eigenvalue weighted by Crippen LogP contribution is -2.37. The Labute approximate surface area is 224 Å². The molecular formula is C32H24F3N3O. The van der Waals surface area contributed by atoms with Gasteiger partial charge in [-0.1, -0.05) is 97.1 Å². The van der Waals surface area contributed by atoms with Crippen molar-refractivity contribution in [1.82, 2.24) is 9.97 Å². The molecule has 1 N–H and O–H groups in total. The highest BCUT2D eigenvalue weighted by atomic mass is 19.4. The number of hydrogen-bond donors (Lipinski definition) is 1. The first-order chi connectivity index (χ1) is 18.9. The number of rotatable bonds is 8. The Kier molecular flexibility index (Phi) is 7.20. The summed E-state index contributed by atoms with van der Waals surface area (Å²) < 4.78 is 44.4. The number of imidazole rings is 1. The van der Waals surface area contributed by atoms with Gasteiger partial charge in [-0.15, -0.1) is 0 Å². The number of aromatic nitrogens is 2. The summed E-state index contributed by atoms with van der Waals surface area (Å²) in [5, 5.41) is 9.63. The molecule has 4 aromatic carbocycles. The quantitative estimate of drug-likeness (QED) is 0.216. The van der Waals surface area contributed by atoms with Crippen molar-refractivity contribution in [2.45, 2.75) is 17.5 Å². The van der Waals surface area contributed by atoms with Crippen LogP contribution in [0, 0.1) is 11.3 Å². The zero-order valence-corrected chi connectivity index (χ0v) is 20.8. The third-order valence-electron chi connectivity index (χ3n) is 6.79. The maximum atomic E-state index is 13.1. The van der Waals surface area contributed by atoms with Crippen LogP contribution in [-0.2, 0) is 5.41 Å². The van der Waals surface area contributed by atoms with Crippen LogP contribution in [0.25, 0.3) is 0 Å². The summed E-state index contributed by atoms with van der Waals surface area (Å²) in [6.07, 6.45) is -1.17. The maximum Gasteiger partial charge on any atom is 0.422 e. The number of H-pyrrole nitrogens is 1. The van der Waals surface area contributed by atoms with E-state index >= 15 is 0 Å². The Morgan fingerprint density at radius 2 is 1.33 bits per heavy atom. The summed E-state index contributed by atoms with van der Waals surface area (Å²) in [6.45, 7) is -1.50. The lowest BCUT2D eigenvalue weighted by molar-refractivity contribution is -0.153. The normalized spacial score (nSPS) is 12.5. The van der Waals surface area contributed by atoms with Crippen molar-refractivity contribution in [2.24, 2.45) is 0 Å². The second-order valence-electron chi connectivity index (χ2n) is 9.10. The van der Waals surface area contributed by atoms with Crippen LogP contribution < -0.4 is 4.74 Å². The van der Waals surface area contributed by atoms with E-state index in [0.717, 1.165) is 16.7 Å². The van der Waals surface area contributed by atoms with Gasteiger partial charge in [0, 0.05) is 12.1 Å². The van der Waals surface area contributed by atoms with E-state index in [4.69, 9.17) is 4.74 Å². The van der Waals surface area contributed by atoms with E-state index in [1.54, 1.807) is 18.6 Å². The van der Waals surface area contributed by atoms with Crippen LogP contribution in [0.15, 0.2) is 122 Å². The number of alkyl halides is 3. The molecule has 1 atom stereocenters. The highest BCUT2D eigenvalue weighted by molar-refractivity contribution is 5.59. The Bertz CT molecular complexity index is 1450. The zero-order chi connectivity index (χ0) is 27.3. The molecule has 0 saturated heterocycles. The van der Waals surface area contributed by atoms with Crippen molar-refractivity contribution in [1.29, 1.82) is 5.26 Å². The molecule has 0 aliphatic rings. The van der Waals surface area contributed by atoms with Crippen molar-refractivity contribution in [3.8, 4) is 11.8 Å². The number of benzene rings is 4. The van der Waals surface area contributed by atoms with Gasteiger partial charge in [0.2, 0.25) is 0 Å². The van der Waals surface area contributed by atoms with Gasteiger partial charge in [-0.05, 0) is 34.4 Å². The number of nitriles is 1. The SMILES string of the molecule is N#Cc1ccc(C(c2c[nH]cn2)C(c2ccccc2)(c2ccccc2)c2ccccc2)cc1OCC(F)(F)F. The lowest BCUT2D eigenvalue weighted by Gasteiger charge is -2.42. The fourth-order valence-corrected chi connectivity index (χ4v) is 5.27. The smallest absolute Gasteiger partial charge is 0.422 e.